The zero-order valence-electron chi connectivity index (χ0n) is 8.58. The Balaban J connectivity index is 3.79. The smallest absolute Gasteiger partial charge is 0.110 e. The van der Waals surface area contributed by atoms with Crippen LogP contribution in [0.25, 0.3) is 0 Å². The highest BCUT2D eigenvalue weighted by Gasteiger charge is 2.27. The van der Waals surface area contributed by atoms with Crippen molar-refractivity contribution in [2.45, 2.75) is 37.8 Å². The zero-order valence-corrected chi connectivity index (χ0v) is 8.58. The fraction of sp³-hybridized carbons (Fsp3) is 0.889. The van der Waals surface area contributed by atoms with Gasteiger partial charge in [-0.05, 0) is 6.92 Å². The van der Waals surface area contributed by atoms with E-state index in [-0.39, 0.29) is 19.6 Å². The number of rotatable bonds is 7. The monoisotopic (exact) mass is 219 g/mol. The van der Waals surface area contributed by atoms with E-state index in [1.807, 2.05) is 6.07 Å². The molecule has 6 nitrogen and oxygen atoms in total. The molecule has 4 N–H and O–H groups in total. The minimum Gasteiger partial charge on any atom is -0.391 e. The second-order valence-electron chi connectivity index (χ2n) is 3.27. The molecule has 0 saturated heterocycles. The molecule has 0 heterocycles. The van der Waals surface area contributed by atoms with Crippen molar-refractivity contribution < 1.29 is 25.2 Å². The lowest BCUT2D eigenvalue weighted by Crippen LogP contribution is -2.45. The van der Waals surface area contributed by atoms with Crippen LogP contribution in [0.15, 0.2) is 0 Å². The largest absolute Gasteiger partial charge is 0.391 e. The number of hydrogen-bond acceptors (Lipinski definition) is 6. The van der Waals surface area contributed by atoms with Gasteiger partial charge in [0.2, 0.25) is 0 Å². The van der Waals surface area contributed by atoms with Crippen LogP contribution < -0.4 is 0 Å². The minimum absolute atomic E-state index is 0.158. The van der Waals surface area contributed by atoms with E-state index in [0.29, 0.717) is 0 Å². The van der Waals surface area contributed by atoms with Crippen LogP contribution in [0.2, 0.25) is 0 Å². The summed E-state index contributed by atoms with van der Waals surface area (Å²) < 4.78 is 4.86. The van der Waals surface area contributed by atoms with Gasteiger partial charge in [0, 0.05) is 0 Å². The first-order valence-electron chi connectivity index (χ1n) is 4.67. The summed E-state index contributed by atoms with van der Waals surface area (Å²) in [6, 6.07) is 1.85. The Hall–Kier alpha value is -0.710. The first-order chi connectivity index (χ1) is 7.00. The Bertz CT molecular complexity index is 203. The first-order valence-corrected chi connectivity index (χ1v) is 4.67. The van der Waals surface area contributed by atoms with Crippen molar-refractivity contribution in [1.82, 2.24) is 0 Å². The highest BCUT2D eigenvalue weighted by atomic mass is 16.5. The molecule has 0 spiro atoms. The lowest BCUT2D eigenvalue weighted by molar-refractivity contribution is -0.117. The third-order valence-corrected chi connectivity index (χ3v) is 1.89. The molecule has 15 heavy (non-hydrogen) atoms. The summed E-state index contributed by atoms with van der Waals surface area (Å²) in [4.78, 5) is 0. The number of hydrogen-bond donors (Lipinski definition) is 4. The Morgan fingerprint density at radius 2 is 1.80 bits per heavy atom. The standard InChI is InChI=1S/C9H17NO5/c1-6(11)8(13)9(14)7(12)5-15-4-2-3-10/h6-9,11-14H,2,4-5H2,1H3/t6-,7-,8-,9-/m0/s1. The van der Waals surface area contributed by atoms with E-state index in [0.717, 1.165) is 0 Å². The number of aliphatic hydroxyl groups excluding tert-OH is 4. The van der Waals surface area contributed by atoms with Crippen molar-refractivity contribution in [3.63, 3.8) is 0 Å². The van der Waals surface area contributed by atoms with Gasteiger partial charge in [0.05, 0.1) is 31.8 Å². The Morgan fingerprint density at radius 1 is 1.20 bits per heavy atom. The van der Waals surface area contributed by atoms with E-state index in [1.165, 1.54) is 6.92 Å². The van der Waals surface area contributed by atoms with Gasteiger partial charge in [0.25, 0.3) is 0 Å². The predicted molar refractivity (Wildman–Crippen MR) is 50.8 cm³/mol. The van der Waals surface area contributed by atoms with Crippen LogP contribution in [-0.4, -0.2) is 58.1 Å². The molecule has 0 aliphatic carbocycles. The van der Waals surface area contributed by atoms with Crippen LogP contribution in [0.1, 0.15) is 13.3 Å². The Labute approximate surface area is 88.3 Å². The molecule has 0 bridgehead atoms. The molecule has 0 aliphatic heterocycles. The van der Waals surface area contributed by atoms with Gasteiger partial charge in [-0.1, -0.05) is 0 Å². The molecule has 0 aromatic heterocycles. The number of ether oxygens (including phenoxy) is 1. The maximum Gasteiger partial charge on any atom is 0.110 e. The van der Waals surface area contributed by atoms with Crippen LogP contribution in [0.5, 0.6) is 0 Å². The van der Waals surface area contributed by atoms with Crippen LogP contribution in [0.4, 0.5) is 0 Å². The average Bonchev–Trinajstić information content (AvgIpc) is 2.21. The lowest BCUT2D eigenvalue weighted by Gasteiger charge is -2.24. The molecule has 4 atom stereocenters. The third kappa shape index (κ3) is 5.67. The molecule has 0 unspecified atom stereocenters. The SMILES string of the molecule is C[C@H](O)[C@H](O)[C@@H](O)[C@@H](O)COCCC#N. The maximum absolute atomic E-state index is 9.31. The molecule has 0 radical (unpaired) electrons. The normalized spacial score (nSPS) is 18.9. The van der Waals surface area contributed by atoms with Gasteiger partial charge >= 0.3 is 0 Å². The maximum atomic E-state index is 9.31. The van der Waals surface area contributed by atoms with Gasteiger partial charge in [0.15, 0.2) is 0 Å². The van der Waals surface area contributed by atoms with E-state index in [4.69, 9.17) is 15.1 Å². The quantitative estimate of drug-likeness (QED) is 0.383. The summed E-state index contributed by atoms with van der Waals surface area (Å²) in [6.45, 7) is 1.27. The second kappa shape index (κ2) is 7.56. The Kier molecular flexibility index (Phi) is 7.21. The Morgan fingerprint density at radius 3 is 2.27 bits per heavy atom. The van der Waals surface area contributed by atoms with Gasteiger partial charge < -0.3 is 25.2 Å². The number of nitriles is 1. The molecular weight excluding hydrogens is 202 g/mol. The predicted octanol–water partition coefficient (Wildman–Crippen LogP) is -1.62. The van der Waals surface area contributed by atoms with Gasteiger partial charge in [-0.25, -0.2) is 0 Å². The summed E-state index contributed by atoms with van der Waals surface area (Å²) in [5, 5.41) is 44.9. The van der Waals surface area contributed by atoms with Crippen LogP contribution in [0.3, 0.4) is 0 Å². The fourth-order valence-corrected chi connectivity index (χ4v) is 0.933. The molecular formula is C9H17NO5. The summed E-state index contributed by atoms with van der Waals surface area (Å²) >= 11 is 0. The van der Waals surface area contributed by atoms with Crippen molar-refractivity contribution in [3.05, 3.63) is 0 Å². The topological polar surface area (TPSA) is 114 Å². The van der Waals surface area contributed by atoms with Gasteiger partial charge in [0.1, 0.15) is 18.3 Å². The van der Waals surface area contributed by atoms with E-state index >= 15 is 0 Å². The highest BCUT2D eigenvalue weighted by Crippen LogP contribution is 2.05. The summed E-state index contributed by atoms with van der Waals surface area (Å²) in [7, 11) is 0. The van der Waals surface area contributed by atoms with Crippen molar-refractivity contribution >= 4 is 0 Å². The van der Waals surface area contributed by atoms with Crippen molar-refractivity contribution in [3.8, 4) is 6.07 Å². The van der Waals surface area contributed by atoms with E-state index in [9.17, 15) is 15.3 Å². The van der Waals surface area contributed by atoms with Gasteiger partial charge in [-0.2, -0.15) is 5.26 Å². The van der Waals surface area contributed by atoms with Crippen molar-refractivity contribution in [1.29, 1.82) is 5.26 Å². The molecule has 0 saturated carbocycles. The molecule has 88 valence electrons. The zero-order chi connectivity index (χ0) is 11.8. The first kappa shape index (κ1) is 14.3. The number of nitrogens with zero attached hydrogens (tertiary/aromatic N) is 1. The van der Waals surface area contributed by atoms with E-state index in [2.05, 4.69) is 0 Å². The van der Waals surface area contributed by atoms with Crippen molar-refractivity contribution in [2.24, 2.45) is 0 Å². The molecule has 0 rings (SSSR count). The average molecular weight is 219 g/mol. The molecule has 0 aliphatic rings. The van der Waals surface area contributed by atoms with Crippen molar-refractivity contribution in [2.75, 3.05) is 13.2 Å². The summed E-state index contributed by atoms with van der Waals surface area (Å²) in [5.74, 6) is 0. The third-order valence-electron chi connectivity index (χ3n) is 1.89. The van der Waals surface area contributed by atoms with E-state index in [1.54, 1.807) is 0 Å². The molecule has 6 heteroatoms. The van der Waals surface area contributed by atoms with Gasteiger partial charge in [-0.15, -0.1) is 0 Å². The highest BCUT2D eigenvalue weighted by molar-refractivity contribution is 4.78. The second-order valence-corrected chi connectivity index (χ2v) is 3.27. The van der Waals surface area contributed by atoms with Crippen LogP contribution in [-0.2, 0) is 4.74 Å². The summed E-state index contributed by atoms with van der Waals surface area (Å²) in [6.07, 6.45) is -5.10. The molecule has 0 fully saturated rings. The van der Waals surface area contributed by atoms with E-state index < -0.39 is 24.4 Å². The molecule has 0 amide bonds. The summed E-state index contributed by atoms with van der Waals surface area (Å²) in [5.41, 5.74) is 0. The molecule has 0 aromatic carbocycles. The lowest BCUT2D eigenvalue weighted by atomic mass is 10.0. The van der Waals surface area contributed by atoms with Crippen LogP contribution >= 0.6 is 0 Å². The van der Waals surface area contributed by atoms with Crippen LogP contribution in [0, 0.1) is 11.3 Å². The fourth-order valence-electron chi connectivity index (χ4n) is 0.933. The minimum atomic E-state index is -1.47. The molecule has 0 aromatic rings. The number of aliphatic hydroxyl groups is 4. The van der Waals surface area contributed by atoms with Gasteiger partial charge in [-0.3, -0.25) is 0 Å².